The van der Waals surface area contributed by atoms with Crippen molar-refractivity contribution in [3.8, 4) is 5.69 Å². The lowest BCUT2D eigenvalue weighted by Gasteiger charge is -2.26. The smallest absolute Gasteiger partial charge is 0.0561 e. The van der Waals surface area contributed by atoms with Gasteiger partial charge >= 0.3 is 0 Å². The summed E-state index contributed by atoms with van der Waals surface area (Å²) in [6, 6.07) is 83.6. The maximum atomic E-state index is 2.49. The van der Waals surface area contributed by atoms with Crippen LogP contribution in [0.5, 0.6) is 0 Å². The van der Waals surface area contributed by atoms with Gasteiger partial charge in [-0.3, -0.25) is 0 Å². The van der Waals surface area contributed by atoms with Crippen LogP contribution in [0.3, 0.4) is 0 Å². The lowest BCUT2D eigenvalue weighted by atomic mass is 10.0. The van der Waals surface area contributed by atoms with Crippen molar-refractivity contribution in [1.82, 2.24) is 4.57 Å². The molecule has 0 fully saturated rings. The maximum Gasteiger partial charge on any atom is 0.0561 e. The second-order valence-electron chi connectivity index (χ2n) is 18.4. The highest BCUT2D eigenvalue weighted by Crippen LogP contribution is 2.45. The fraction of sp³-hybridized carbons (Fsp3) is 0.0312. The van der Waals surface area contributed by atoms with Gasteiger partial charge in [-0.05, 0) is 145 Å². The first kappa shape index (κ1) is 39.9. The third kappa shape index (κ3) is 6.61. The van der Waals surface area contributed by atoms with Crippen LogP contribution in [0.2, 0.25) is 0 Å². The lowest BCUT2D eigenvalue weighted by Crippen LogP contribution is -2.10. The van der Waals surface area contributed by atoms with Gasteiger partial charge in [-0.2, -0.15) is 0 Å². The van der Waals surface area contributed by atoms with Crippen LogP contribution in [0, 0.1) is 13.8 Å². The van der Waals surface area contributed by atoms with Crippen molar-refractivity contribution in [2.24, 2.45) is 0 Å². The maximum absolute atomic E-state index is 2.49. The van der Waals surface area contributed by atoms with Crippen LogP contribution in [0.1, 0.15) is 11.1 Å². The molecule has 3 aromatic heterocycles. The third-order valence-electron chi connectivity index (χ3n) is 14.0. The fourth-order valence-electron chi connectivity index (χ4n) is 10.6. The molecule has 3 nitrogen and oxygen atoms in total. The van der Waals surface area contributed by atoms with Gasteiger partial charge < -0.3 is 14.4 Å². The minimum absolute atomic E-state index is 1.10. The number of benzene rings is 11. The molecular weight excluding hydrogens is 875 g/mol. The molecule has 0 amide bonds. The van der Waals surface area contributed by atoms with Crippen LogP contribution in [-0.4, -0.2) is 4.57 Å². The molecule has 0 unspecified atom stereocenters. The van der Waals surface area contributed by atoms with E-state index in [9.17, 15) is 0 Å². The van der Waals surface area contributed by atoms with Crippen LogP contribution in [0.25, 0.3) is 89.4 Å². The molecule has 0 bridgehead atoms. The molecule has 0 spiro atoms. The topological polar surface area (TPSA) is 11.4 Å². The van der Waals surface area contributed by atoms with Crippen molar-refractivity contribution >= 4 is 140 Å². The zero-order valence-electron chi connectivity index (χ0n) is 38.0. The number of rotatable bonds is 7. The Labute approximate surface area is 407 Å². The number of aromatic nitrogens is 1. The van der Waals surface area contributed by atoms with Crippen molar-refractivity contribution in [2.45, 2.75) is 13.8 Å². The van der Waals surface area contributed by atoms with Crippen LogP contribution >= 0.6 is 22.7 Å². The standard InChI is InChI=1S/C64H43N3S2/c1-40-15-21-46(22-16-40)65(51-28-31-56-54-11-5-7-13-61(54)68-63(56)38-51)48-26-20-44-35-58-53-30-27-50(37-60(53)67(59(58)36-45(44)34-48)49-25-19-42-9-3-4-10-43(42)33-49)66(47-23-17-41(2)18-24-47)52-29-32-57-55-12-6-8-14-62(55)69-64(57)39-52/h3-39H,1-2H3. The number of nitrogens with zero attached hydrogens (tertiary/aromatic N) is 3. The summed E-state index contributed by atoms with van der Waals surface area (Å²) >= 11 is 3.72. The van der Waals surface area contributed by atoms with Gasteiger partial charge in [-0.1, -0.05) is 126 Å². The summed E-state index contributed by atoms with van der Waals surface area (Å²) in [5, 5.41) is 12.5. The summed E-state index contributed by atoms with van der Waals surface area (Å²) in [4.78, 5) is 4.83. The number of hydrogen-bond donors (Lipinski definition) is 0. The quantitative estimate of drug-likeness (QED) is 0.158. The summed E-state index contributed by atoms with van der Waals surface area (Å²) in [5.41, 5.74) is 12.7. The molecule has 69 heavy (non-hydrogen) atoms. The minimum Gasteiger partial charge on any atom is -0.310 e. The summed E-state index contributed by atoms with van der Waals surface area (Å²) in [7, 11) is 0. The second kappa shape index (κ2) is 15.7. The Hall–Kier alpha value is -8.22. The normalized spacial score (nSPS) is 11.9. The predicted octanol–water partition coefficient (Wildman–Crippen LogP) is 19.4. The molecule has 3 heterocycles. The van der Waals surface area contributed by atoms with Gasteiger partial charge in [0.25, 0.3) is 0 Å². The minimum atomic E-state index is 1.10. The first-order valence-corrected chi connectivity index (χ1v) is 25.2. The number of fused-ring (bicyclic) bond motifs is 11. The predicted molar refractivity (Wildman–Crippen MR) is 300 cm³/mol. The molecule has 0 saturated heterocycles. The molecule has 5 heteroatoms. The number of thiophene rings is 2. The average molecular weight is 918 g/mol. The van der Waals surface area contributed by atoms with Crippen molar-refractivity contribution in [1.29, 1.82) is 0 Å². The van der Waals surface area contributed by atoms with E-state index in [-0.39, 0.29) is 0 Å². The monoisotopic (exact) mass is 917 g/mol. The Kier molecular flexibility index (Phi) is 9.07. The Morgan fingerprint density at radius 3 is 1.36 bits per heavy atom. The van der Waals surface area contributed by atoms with E-state index >= 15 is 0 Å². The Morgan fingerprint density at radius 2 is 0.739 bits per heavy atom. The van der Waals surface area contributed by atoms with Crippen LogP contribution < -0.4 is 9.80 Å². The van der Waals surface area contributed by atoms with Gasteiger partial charge in [0, 0.05) is 90.9 Å². The number of hydrogen-bond acceptors (Lipinski definition) is 4. The first-order chi connectivity index (χ1) is 34.0. The number of anilines is 6. The largest absolute Gasteiger partial charge is 0.310 e. The zero-order chi connectivity index (χ0) is 45.7. The van der Waals surface area contributed by atoms with E-state index in [0.29, 0.717) is 0 Å². The van der Waals surface area contributed by atoms with Crippen molar-refractivity contribution in [2.75, 3.05) is 9.80 Å². The van der Waals surface area contributed by atoms with Crippen molar-refractivity contribution in [3.05, 3.63) is 236 Å². The summed E-state index contributed by atoms with van der Waals surface area (Å²) in [6.07, 6.45) is 0. The molecule has 11 aromatic carbocycles. The van der Waals surface area contributed by atoms with E-state index in [2.05, 4.69) is 253 Å². The highest BCUT2D eigenvalue weighted by atomic mass is 32.1. The Balaban J connectivity index is 0.980. The van der Waals surface area contributed by atoms with Crippen LogP contribution in [-0.2, 0) is 0 Å². The van der Waals surface area contributed by atoms with E-state index in [1.54, 1.807) is 0 Å². The molecule has 14 rings (SSSR count). The summed E-state index contributed by atoms with van der Waals surface area (Å²) in [6.45, 7) is 4.31. The van der Waals surface area contributed by atoms with Gasteiger partial charge in [0.1, 0.15) is 0 Å². The second-order valence-corrected chi connectivity index (χ2v) is 20.5. The van der Waals surface area contributed by atoms with Gasteiger partial charge in [0.05, 0.1) is 11.0 Å². The molecule has 0 aliphatic heterocycles. The molecule has 0 atom stereocenters. The van der Waals surface area contributed by atoms with E-state index in [1.165, 1.54) is 89.3 Å². The molecule has 0 radical (unpaired) electrons. The molecule has 0 saturated carbocycles. The zero-order valence-corrected chi connectivity index (χ0v) is 39.7. The fourth-order valence-corrected chi connectivity index (χ4v) is 12.9. The van der Waals surface area contributed by atoms with E-state index in [0.717, 1.165) is 45.3 Å². The van der Waals surface area contributed by atoms with E-state index in [1.807, 2.05) is 22.7 Å². The summed E-state index contributed by atoms with van der Waals surface area (Å²) < 4.78 is 7.68. The molecule has 14 aromatic rings. The summed E-state index contributed by atoms with van der Waals surface area (Å²) in [5.74, 6) is 0. The van der Waals surface area contributed by atoms with Crippen molar-refractivity contribution < 1.29 is 0 Å². The third-order valence-corrected chi connectivity index (χ3v) is 16.3. The molecule has 0 aliphatic rings. The average Bonchev–Trinajstić information content (AvgIpc) is 4.05. The van der Waals surface area contributed by atoms with E-state index in [4.69, 9.17) is 0 Å². The van der Waals surface area contributed by atoms with Gasteiger partial charge in [0.2, 0.25) is 0 Å². The van der Waals surface area contributed by atoms with Gasteiger partial charge in [-0.25, -0.2) is 0 Å². The Morgan fingerprint density at radius 1 is 0.290 bits per heavy atom. The highest BCUT2D eigenvalue weighted by Gasteiger charge is 2.21. The molecule has 326 valence electrons. The Bertz CT molecular complexity index is 4350. The van der Waals surface area contributed by atoms with Crippen LogP contribution in [0.4, 0.5) is 34.1 Å². The number of aryl methyl sites for hydroxylation is 2. The van der Waals surface area contributed by atoms with Gasteiger partial charge in [0.15, 0.2) is 0 Å². The SMILES string of the molecule is Cc1ccc(N(c2ccc3cc4c5ccc(N(c6ccc(C)cc6)c6ccc7c(c6)sc6ccccc67)cc5n(-c5ccc6ccccc6c5)c4cc3c2)c2ccc3c(c2)sc2ccccc23)cc1. The first-order valence-electron chi connectivity index (χ1n) is 23.5. The highest BCUT2D eigenvalue weighted by molar-refractivity contribution is 7.26. The van der Waals surface area contributed by atoms with Gasteiger partial charge in [-0.15, -0.1) is 22.7 Å². The van der Waals surface area contributed by atoms with Crippen molar-refractivity contribution in [3.63, 3.8) is 0 Å². The van der Waals surface area contributed by atoms with E-state index < -0.39 is 0 Å². The van der Waals surface area contributed by atoms with Crippen LogP contribution in [0.15, 0.2) is 224 Å². The molecule has 0 N–H and O–H groups in total. The lowest BCUT2D eigenvalue weighted by molar-refractivity contribution is 1.18. The molecular formula is C64H43N3S2. The molecule has 0 aliphatic carbocycles.